The van der Waals surface area contributed by atoms with Gasteiger partial charge in [0.25, 0.3) is 0 Å². The Hall–Kier alpha value is -0.620. The second-order valence-corrected chi connectivity index (χ2v) is 5.19. The number of aromatic nitrogens is 3. The first-order valence-electron chi connectivity index (χ1n) is 4.68. The largest absolute Gasteiger partial charge is 0.259 e. The number of thioether (sulfide) groups is 1. The van der Waals surface area contributed by atoms with E-state index in [9.17, 15) is 4.39 Å². The van der Waals surface area contributed by atoms with Crippen molar-refractivity contribution in [2.24, 2.45) is 0 Å². The molecule has 0 saturated heterocycles. The van der Waals surface area contributed by atoms with Crippen molar-refractivity contribution in [2.45, 2.75) is 10.9 Å². The topological polar surface area (TPSA) is 38.7 Å². The van der Waals surface area contributed by atoms with Gasteiger partial charge < -0.3 is 0 Å². The quantitative estimate of drug-likeness (QED) is 0.480. The van der Waals surface area contributed by atoms with Gasteiger partial charge in [0.2, 0.25) is 0 Å². The summed E-state index contributed by atoms with van der Waals surface area (Å²) in [6.07, 6.45) is 1.63. The van der Waals surface area contributed by atoms with Crippen LogP contribution in [0, 0.1) is 5.82 Å². The predicted octanol–water partition coefficient (Wildman–Crippen LogP) is 4.26. The zero-order valence-electron chi connectivity index (χ0n) is 8.70. The number of halogens is 4. The van der Waals surface area contributed by atoms with Gasteiger partial charge >= 0.3 is 0 Å². The smallest absolute Gasteiger partial charge is 0.197 e. The maximum atomic E-state index is 13.1. The molecule has 0 atom stereocenters. The second-order valence-electron chi connectivity index (χ2n) is 3.12. The van der Waals surface area contributed by atoms with Crippen molar-refractivity contribution in [1.29, 1.82) is 0 Å². The van der Waals surface area contributed by atoms with Crippen LogP contribution in [0.5, 0.6) is 0 Å². The van der Waals surface area contributed by atoms with E-state index in [1.54, 1.807) is 18.3 Å². The van der Waals surface area contributed by atoms with Crippen molar-refractivity contribution < 1.29 is 4.39 Å². The molecule has 2 aromatic rings. The SMILES string of the molecule is Fc1c(Cl)nc(SCc2ncccc2Cl)nc1Cl. The molecule has 94 valence electrons. The molecule has 0 aliphatic carbocycles. The van der Waals surface area contributed by atoms with Crippen LogP contribution in [0.25, 0.3) is 0 Å². The molecule has 2 rings (SSSR count). The summed E-state index contributed by atoms with van der Waals surface area (Å²) in [5, 5.41) is 0.215. The van der Waals surface area contributed by atoms with E-state index in [1.165, 1.54) is 11.8 Å². The van der Waals surface area contributed by atoms with Crippen LogP contribution >= 0.6 is 46.6 Å². The van der Waals surface area contributed by atoms with Gasteiger partial charge in [0.1, 0.15) is 0 Å². The highest BCUT2D eigenvalue weighted by atomic mass is 35.5. The van der Waals surface area contributed by atoms with Crippen LogP contribution in [0.15, 0.2) is 23.5 Å². The fourth-order valence-electron chi connectivity index (χ4n) is 1.10. The van der Waals surface area contributed by atoms with E-state index in [4.69, 9.17) is 34.8 Å². The molecule has 2 heterocycles. The molecular formula is C10H5Cl3FN3S. The van der Waals surface area contributed by atoms with Gasteiger partial charge in [-0.3, -0.25) is 4.98 Å². The molecule has 0 aliphatic rings. The third-order valence-electron chi connectivity index (χ3n) is 1.92. The Morgan fingerprint density at radius 1 is 1.17 bits per heavy atom. The van der Waals surface area contributed by atoms with Gasteiger partial charge in [0.05, 0.1) is 10.7 Å². The molecule has 0 fully saturated rings. The number of nitrogens with zero attached hydrogens (tertiary/aromatic N) is 3. The van der Waals surface area contributed by atoms with Gasteiger partial charge in [0, 0.05) is 11.9 Å². The van der Waals surface area contributed by atoms with Gasteiger partial charge in [-0.05, 0) is 12.1 Å². The highest BCUT2D eigenvalue weighted by Crippen LogP contribution is 2.26. The van der Waals surface area contributed by atoms with Gasteiger partial charge in [0.15, 0.2) is 21.3 Å². The summed E-state index contributed by atoms with van der Waals surface area (Å²) in [4.78, 5) is 11.6. The van der Waals surface area contributed by atoms with Gasteiger partial charge in [-0.25, -0.2) is 14.4 Å². The molecule has 0 saturated carbocycles. The number of rotatable bonds is 3. The summed E-state index contributed by atoms with van der Waals surface area (Å²) in [7, 11) is 0. The van der Waals surface area contributed by atoms with Crippen molar-refractivity contribution in [3.05, 3.63) is 45.2 Å². The fourth-order valence-corrected chi connectivity index (χ4v) is 2.66. The van der Waals surface area contributed by atoms with E-state index in [2.05, 4.69) is 15.0 Å². The molecule has 18 heavy (non-hydrogen) atoms. The zero-order valence-corrected chi connectivity index (χ0v) is 11.8. The molecule has 8 heteroatoms. The summed E-state index contributed by atoms with van der Waals surface area (Å²) in [5.41, 5.74) is 0.685. The summed E-state index contributed by atoms with van der Waals surface area (Å²) in [6, 6.07) is 3.47. The van der Waals surface area contributed by atoms with Gasteiger partial charge in [-0.15, -0.1) is 0 Å². The maximum Gasteiger partial charge on any atom is 0.197 e. The van der Waals surface area contributed by atoms with E-state index < -0.39 is 5.82 Å². The third kappa shape index (κ3) is 3.23. The van der Waals surface area contributed by atoms with Crippen LogP contribution in [0.4, 0.5) is 4.39 Å². The first-order valence-corrected chi connectivity index (χ1v) is 6.80. The minimum atomic E-state index is -0.821. The first kappa shape index (κ1) is 13.8. The molecule has 0 bridgehead atoms. The van der Waals surface area contributed by atoms with Gasteiger partial charge in [-0.1, -0.05) is 46.6 Å². The molecule has 0 unspecified atom stereocenters. The average Bonchev–Trinajstić information content (AvgIpc) is 2.35. The Balaban J connectivity index is 2.14. The molecule has 0 aromatic carbocycles. The summed E-state index contributed by atoms with van der Waals surface area (Å²) in [5.74, 6) is -0.378. The minimum absolute atomic E-state index is 0.271. The number of hydrogen-bond donors (Lipinski definition) is 0. The Morgan fingerprint density at radius 2 is 1.83 bits per heavy atom. The van der Waals surface area contributed by atoms with Crippen LogP contribution in [0.1, 0.15) is 5.69 Å². The summed E-state index contributed by atoms with van der Waals surface area (Å²) in [6.45, 7) is 0. The predicted molar refractivity (Wildman–Crippen MR) is 70.8 cm³/mol. The van der Waals surface area contributed by atoms with E-state index >= 15 is 0 Å². The lowest BCUT2D eigenvalue weighted by molar-refractivity contribution is 0.607. The summed E-state index contributed by atoms with van der Waals surface area (Å²) < 4.78 is 13.1. The van der Waals surface area contributed by atoms with Crippen molar-refractivity contribution in [3.63, 3.8) is 0 Å². The minimum Gasteiger partial charge on any atom is -0.259 e. The molecule has 2 aromatic heterocycles. The first-order chi connectivity index (χ1) is 8.58. The van der Waals surface area contributed by atoms with Crippen LogP contribution in [-0.4, -0.2) is 15.0 Å². The molecule has 0 spiro atoms. The zero-order chi connectivity index (χ0) is 13.1. The third-order valence-corrected chi connectivity index (χ3v) is 3.63. The normalized spacial score (nSPS) is 10.7. The molecule has 0 amide bonds. The number of hydrogen-bond acceptors (Lipinski definition) is 4. The lowest BCUT2D eigenvalue weighted by atomic mass is 10.4. The monoisotopic (exact) mass is 323 g/mol. The maximum absolute atomic E-state index is 13.1. The van der Waals surface area contributed by atoms with Crippen molar-refractivity contribution in [1.82, 2.24) is 15.0 Å². The van der Waals surface area contributed by atoms with Crippen LogP contribution in [0.2, 0.25) is 15.3 Å². The molecular weight excluding hydrogens is 320 g/mol. The van der Waals surface area contributed by atoms with Crippen LogP contribution in [0.3, 0.4) is 0 Å². The van der Waals surface area contributed by atoms with E-state index in [-0.39, 0.29) is 15.5 Å². The number of pyridine rings is 1. The second kappa shape index (κ2) is 6.02. The molecule has 0 radical (unpaired) electrons. The van der Waals surface area contributed by atoms with Gasteiger partial charge in [-0.2, -0.15) is 0 Å². The van der Waals surface area contributed by atoms with Crippen LogP contribution < -0.4 is 0 Å². The Labute approximate surface area is 122 Å². The van der Waals surface area contributed by atoms with E-state index in [0.717, 1.165) is 0 Å². The molecule has 3 nitrogen and oxygen atoms in total. The van der Waals surface area contributed by atoms with E-state index in [0.29, 0.717) is 16.5 Å². The standard InChI is InChI=1S/C10H5Cl3FN3S/c11-5-2-1-3-15-6(5)4-18-10-16-8(12)7(14)9(13)17-10/h1-3H,4H2. The lowest BCUT2D eigenvalue weighted by Gasteiger charge is -2.03. The molecule has 0 aliphatic heterocycles. The molecule has 0 N–H and O–H groups in total. The van der Waals surface area contributed by atoms with Crippen molar-refractivity contribution in [2.75, 3.05) is 0 Å². The van der Waals surface area contributed by atoms with Crippen LogP contribution in [-0.2, 0) is 5.75 Å². The highest BCUT2D eigenvalue weighted by molar-refractivity contribution is 7.98. The summed E-state index contributed by atoms with van der Waals surface area (Å²) >= 11 is 18.3. The van der Waals surface area contributed by atoms with E-state index in [1.807, 2.05) is 0 Å². The Bertz CT molecular complexity index is 559. The fraction of sp³-hybridized carbons (Fsp3) is 0.100. The Morgan fingerprint density at radius 3 is 2.44 bits per heavy atom. The average molecular weight is 325 g/mol. The van der Waals surface area contributed by atoms with Crippen molar-refractivity contribution >= 4 is 46.6 Å². The lowest BCUT2D eigenvalue weighted by Crippen LogP contribution is -1.94. The highest BCUT2D eigenvalue weighted by Gasteiger charge is 2.12. The Kier molecular flexibility index (Phi) is 4.61. The van der Waals surface area contributed by atoms with Crippen molar-refractivity contribution in [3.8, 4) is 0 Å².